The van der Waals surface area contributed by atoms with E-state index in [9.17, 15) is 14.4 Å². The number of nitrogens with zero attached hydrogens (tertiary/aromatic N) is 2. The van der Waals surface area contributed by atoms with Crippen LogP contribution in [0.4, 0.5) is 11.5 Å². The summed E-state index contributed by atoms with van der Waals surface area (Å²) in [5.74, 6) is 0.681. The molecular weight excluding hydrogens is 448 g/mol. The zero-order valence-corrected chi connectivity index (χ0v) is 18.7. The highest BCUT2D eigenvalue weighted by Gasteiger charge is 2.39. The first-order valence-corrected chi connectivity index (χ1v) is 11.0. The van der Waals surface area contributed by atoms with Crippen molar-refractivity contribution in [3.05, 3.63) is 62.6 Å². The third-order valence-corrected chi connectivity index (χ3v) is 6.74. The van der Waals surface area contributed by atoms with Crippen molar-refractivity contribution >= 4 is 34.7 Å². The van der Waals surface area contributed by atoms with Gasteiger partial charge in [0.1, 0.15) is 12.4 Å². The lowest BCUT2D eigenvalue weighted by Gasteiger charge is -2.32. The molecule has 3 heterocycles. The zero-order chi connectivity index (χ0) is 23.1. The summed E-state index contributed by atoms with van der Waals surface area (Å²) < 4.78 is 22.6. The number of aromatic nitrogens is 1. The molecule has 0 radical (unpaired) electrons. The van der Waals surface area contributed by atoms with Crippen molar-refractivity contribution in [3.63, 3.8) is 0 Å². The molecule has 9 nitrogen and oxygen atoms in total. The van der Waals surface area contributed by atoms with Gasteiger partial charge in [0.05, 0.1) is 24.8 Å². The highest BCUT2D eigenvalue weighted by Crippen LogP contribution is 2.49. The molecule has 1 aromatic heterocycles. The lowest BCUT2D eigenvalue weighted by atomic mass is 9.90. The van der Waals surface area contributed by atoms with Gasteiger partial charge in [-0.05, 0) is 29.8 Å². The molecule has 33 heavy (non-hydrogen) atoms. The van der Waals surface area contributed by atoms with Gasteiger partial charge in [-0.2, -0.15) is 0 Å². The van der Waals surface area contributed by atoms with E-state index in [1.54, 1.807) is 24.3 Å². The quantitative estimate of drug-likeness (QED) is 0.531. The SMILES string of the molecule is COC(=O)Cn1c2c(sc1=O)[C@H](c1cc(OC)c3c(c1)OCO3)CC(=O)N2c1ccccc1. The van der Waals surface area contributed by atoms with Crippen molar-refractivity contribution in [2.24, 2.45) is 0 Å². The van der Waals surface area contributed by atoms with Crippen LogP contribution in [0.25, 0.3) is 0 Å². The number of ether oxygens (including phenoxy) is 4. The molecule has 3 aromatic rings. The smallest absolute Gasteiger partial charge is 0.325 e. The second-order valence-corrected chi connectivity index (χ2v) is 8.49. The summed E-state index contributed by atoms with van der Waals surface area (Å²) >= 11 is 1.01. The molecule has 5 rings (SSSR count). The van der Waals surface area contributed by atoms with E-state index < -0.39 is 11.9 Å². The second kappa shape index (κ2) is 8.28. The Hall–Kier alpha value is -3.79. The Bertz CT molecular complexity index is 1300. The molecule has 1 atom stereocenters. The van der Waals surface area contributed by atoms with E-state index in [0.29, 0.717) is 33.6 Å². The highest BCUT2D eigenvalue weighted by molar-refractivity contribution is 7.10. The van der Waals surface area contributed by atoms with E-state index in [1.165, 1.54) is 23.7 Å². The van der Waals surface area contributed by atoms with Crippen LogP contribution in [0, 0.1) is 0 Å². The monoisotopic (exact) mass is 468 g/mol. The minimum Gasteiger partial charge on any atom is -0.493 e. The van der Waals surface area contributed by atoms with Crippen molar-refractivity contribution in [3.8, 4) is 17.2 Å². The summed E-state index contributed by atoms with van der Waals surface area (Å²) in [7, 11) is 2.79. The molecule has 0 unspecified atom stereocenters. The van der Waals surface area contributed by atoms with E-state index in [-0.39, 0.29) is 30.5 Å². The van der Waals surface area contributed by atoms with E-state index >= 15 is 0 Å². The molecule has 0 spiro atoms. The zero-order valence-electron chi connectivity index (χ0n) is 17.9. The molecule has 10 heteroatoms. The largest absolute Gasteiger partial charge is 0.493 e. The van der Waals surface area contributed by atoms with Gasteiger partial charge < -0.3 is 18.9 Å². The maximum Gasteiger partial charge on any atom is 0.325 e. The van der Waals surface area contributed by atoms with Gasteiger partial charge in [-0.15, -0.1) is 0 Å². The summed E-state index contributed by atoms with van der Waals surface area (Å²) in [5, 5.41) is 0. The van der Waals surface area contributed by atoms with Crippen LogP contribution >= 0.6 is 11.3 Å². The van der Waals surface area contributed by atoms with Crippen LogP contribution in [0.2, 0.25) is 0 Å². The number of fused-ring (bicyclic) bond motifs is 2. The van der Waals surface area contributed by atoms with Crippen LogP contribution in [0.15, 0.2) is 47.3 Å². The fourth-order valence-corrected chi connectivity index (χ4v) is 5.25. The molecular formula is C23H20N2O7S. The Labute approximate surface area is 192 Å². The Morgan fingerprint density at radius 2 is 1.94 bits per heavy atom. The first-order valence-electron chi connectivity index (χ1n) is 10.2. The number of thiazole rings is 1. The van der Waals surface area contributed by atoms with Gasteiger partial charge in [-0.1, -0.05) is 29.5 Å². The van der Waals surface area contributed by atoms with Crippen molar-refractivity contribution < 1.29 is 28.5 Å². The number of esters is 1. The molecule has 0 aliphatic carbocycles. The lowest BCUT2D eigenvalue weighted by Crippen LogP contribution is -2.36. The number of carbonyl (C=O) groups excluding carboxylic acids is 2. The molecule has 2 aliphatic rings. The Morgan fingerprint density at radius 1 is 1.15 bits per heavy atom. The van der Waals surface area contributed by atoms with Gasteiger partial charge in [-0.3, -0.25) is 23.9 Å². The predicted molar refractivity (Wildman–Crippen MR) is 120 cm³/mol. The molecule has 0 fully saturated rings. The van der Waals surface area contributed by atoms with Gasteiger partial charge >= 0.3 is 10.8 Å². The average Bonchev–Trinajstić information content (AvgIpc) is 3.43. The van der Waals surface area contributed by atoms with Gasteiger partial charge in [-0.25, -0.2) is 0 Å². The maximum absolute atomic E-state index is 13.5. The molecule has 0 saturated heterocycles. The topological polar surface area (TPSA) is 96.3 Å². The number of para-hydroxylation sites is 1. The van der Waals surface area contributed by atoms with E-state index in [2.05, 4.69) is 0 Å². The molecule has 2 aromatic carbocycles. The number of rotatable bonds is 5. The van der Waals surface area contributed by atoms with Crippen LogP contribution in [0.5, 0.6) is 17.2 Å². The highest BCUT2D eigenvalue weighted by atomic mass is 32.1. The van der Waals surface area contributed by atoms with Crippen LogP contribution in [0.3, 0.4) is 0 Å². The summed E-state index contributed by atoms with van der Waals surface area (Å²) in [6, 6.07) is 12.6. The van der Waals surface area contributed by atoms with E-state index in [1.807, 2.05) is 18.2 Å². The fraction of sp³-hybridized carbons (Fsp3) is 0.261. The van der Waals surface area contributed by atoms with Gasteiger partial charge in [0.15, 0.2) is 11.5 Å². The van der Waals surface area contributed by atoms with Crippen LogP contribution in [-0.2, 0) is 20.9 Å². The van der Waals surface area contributed by atoms with Crippen molar-refractivity contribution in [2.75, 3.05) is 25.9 Å². The van der Waals surface area contributed by atoms with Gasteiger partial charge in [0, 0.05) is 12.3 Å². The number of anilines is 2. The first-order chi connectivity index (χ1) is 16.0. The Morgan fingerprint density at radius 3 is 2.67 bits per heavy atom. The standard InChI is InChI=1S/C23H20N2O7S/c1-29-16-8-13(9-17-20(16)32-12-31-17)15-10-18(26)25(14-6-4-3-5-7-14)22-21(15)33-23(28)24(22)11-19(27)30-2/h3-9,15H,10-12H2,1-2H3/t15-/m0/s1. The van der Waals surface area contributed by atoms with Crippen LogP contribution in [0.1, 0.15) is 22.8 Å². The number of hydrogen-bond acceptors (Lipinski definition) is 8. The first kappa shape index (κ1) is 21.1. The number of methoxy groups -OCH3 is 2. The van der Waals surface area contributed by atoms with Crippen molar-refractivity contribution in [1.29, 1.82) is 0 Å². The Balaban J connectivity index is 1.70. The summed E-state index contributed by atoms with van der Waals surface area (Å²) in [4.78, 5) is 40.4. The van der Waals surface area contributed by atoms with E-state index in [0.717, 1.165) is 16.9 Å². The average molecular weight is 468 g/mol. The third kappa shape index (κ3) is 3.52. The number of amides is 1. The van der Waals surface area contributed by atoms with Crippen LogP contribution < -0.4 is 24.0 Å². The molecule has 2 aliphatic heterocycles. The molecule has 0 saturated carbocycles. The number of hydrogen-bond donors (Lipinski definition) is 0. The number of carbonyl (C=O) groups is 2. The lowest BCUT2D eigenvalue weighted by molar-refractivity contribution is -0.141. The predicted octanol–water partition coefficient (Wildman–Crippen LogP) is 3.02. The number of benzene rings is 2. The molecule has 0 N–H and O–H groups in total. The van der Waals surface area contributed by atoms with Crippen molar-refractivity contribution in [2.45, 2.75) is 18.9 Å². The molecule has 170 valence electrons. The minimum absolute atomic E-state index is 0.0780. The maximum atomic E-state index is 13.5. The third-order valence-electron chi connectivity index (χ3n) is 5.66. The fourth-order valence-electron chi connectivity index (χ4n) is 4.15. The molecule has 1 amide bonds. The van der Waals surface area contributed by atoms with E-state index in [4.69, 9.17) is 18.9 Å². The second-order valence-electron chi connectivity index (χ2n) is 7.50. The summed E-state index contributed by atoms with van der Waals surface area (Å²) in [6.45, 7) is -0.219. The normalized spacial score (nSPS) is 16.5. The molecule has 0 bridgehead atoms. The van der Waals surface area contributed by atoms with Crippen molar-refractivity contribution in [1.82, 2.24) is 4.57 Å². The summed E-state index contributed by atoms with van der Waals surface area (Å²) in [5.41, 5.74) is 1.37. The van der Waals surface area contributed by atoms with Crippen LogP contribution in [-0.4, -0.2) is 37.5 Å². The Kier molecular flexibility index (Phi) is 5.29. The summed E-state index contributed by atoms with van der Waals surface area (Å²) in [6.07, 6.45) is 0.128. The minimum atomic E-state index is -0.579. The van der Waals surface area contributed by atoms with Gasteiger partial charge in [0.25, 0.3) is 0 Å². The van der Waals surface area contributed by atoms with Gasteiger partial charge in [0.2, 0.25) is 18.4 Å².